The molecule has 1 N–H and O–H groups in total. The van der Waals surface area contributed by atoms with E-state index in [1.165, 1.54) is 0 Å². The Kier molecular flexibility index (Phi) is 8.57. The first kappa shape index (κ1) is 20.8. The van der Waals surface area contributed by atoms with Crippen LogP contribution in [0.5, 0.6) is 0 Å². The molecule has 0 saturated heterocycles. The Morgan fingerprint density at radius 2 is 1.71 bits per heavy atom. The van der Waals surface area contributed by atoms with Crippen molar-refractivity contribution in [3.63, 3.8) is 0 Å². The molecule has 0 spiro atoms. The normalized spacial score (nSPS) is 13.2. The monoisotopic (exact) mass is 372 g/mol. The van der Waals surface area contributed by atoms with E-state index in [1.807, 2.05) is 20.8 Å². The average molecular weight is 373 g/mol. The van der Waals surface area contributed by atoms with Gasteiger partial charge in [-0.05, 0) is 31.9 Å². The molecule has 0 aliphatic rings. The number of carbonyl (C=O) groups excluding carboxylic acids is 2. The molecule has 0 saturated carbocycles. The third kappa shape index (κ3) is 5.38. The maximum absolute atomic E-state index is 12.6. The molecule has 6 heteroatoms. The van der Waals surface area contributed by atoms with Gasteiger partial charge in [0.15, 0.2) is 0 Å². The topological polar surface area (TPSA) is 49.4 Å². The van der Waals surface area contributed by atoms with Gasteiger partial charge in [0, 0.05) is 34.6 Å². The lowest BCUT2D eigenvalue weighted by atomic mass is 10.1. The molecule has 0 fully saturated rings. The molecule has 0 radical (unpaired) electrons. The van der Waals surface area contributed by atoms with Crippen molar-refractivity contribution in [1.82, 2.24) is 10.2 Å². The summed E-state index contributed by atoms with van der Waals surface area (Å²) in [6, 6.07) is 4.75. The summed E-state index contributed by atoms with van der Waals surface area (Å²) in [6.07, 6.45) is 1.67. The average Bonchev–Trinajstić information content (AvgIpc) is 2.56. The Morgan fingerprint density at radius 3 is 2.17 bits per heavy atom. The summed E-state index contributed by atoms with van der Waals surface area (Å²) >= 11 is 12.5. The van der Waals surface area contributed by atoms with E-state index in [1.54, 1.807) is 30.0 Å². The Labute approximate surface area is 154 Å². The minimum Gasteiger partial charge on any atom is -0.352 e. The van der Waals surface area contributed by atoms with Gasteiger partial charge < -0.3 is 10.2 Å². The van der Waals surface area contributed by atoms with E-state index < -0.39 is 6.04 Å². The van der Waals surface area contributed by atoms with Crippen LogP contribution in [0.4, 0.5) is 0 Å². The Hall–Kier alpha value is -1.26. The maximum atomic E-state index is 12.6. The van der Waals surface area contributed by atoms with Crippen molar-refractivity contribution in [3.8, 4) is 0 Å². The highest BCUT2D eigenvalue weighted by Gasteiger charge is 2.29. The van der Waals surface area contributed by atoms with Gasteiger partial charge in [-0.1, -0.05) is 50.0 Å². The summed E-state index contributed by atoms with van der Waals surface area (Å²) in [4.78, 5) is 26.6. The Bertz CT molecular complexity index is 558. The van der Waals surface area contributed by atoms with Gasteiger partial charge in [-0.3, -0.25) is 9.59 Å². The highest BCUT2D eigenvalue weighted by atomic mass is 35.5. The predicted octanol–water partition coefficient (Wildman–Crippen LogP) is 4.43. The number of nitrogens with zero attached hydrogens (tertiary/aromatic N) is 1. The summed E-state index contributed by atoms with van der Waals surface area (Å²) in [5.41, 5.74) is 0.664. The van der Waals surface area contributed by atoms with Crippen LogP contribution < -0.4 is 5.32 Å². The molecule has 2 amide bonds. The smallest absolute Gasteiger partial charge is 0.243 e. The molecule has 0 aliphatic heterocycles. The molecular weight excluding hydrogens is 347 g/mol. The van der Waals surface area contributed by atoms with Crippen LogP contribution in [0.2, 0.25) is 10.0 Å². The summed E-state index contributed by atoms with van der Waals surface area (Å²) < 4.78 is 0. The predicted molar refractivity (Wildman–Crippen MR) is 99.3 cm³/mol. The number of halogens is 2. The van der Waals surface area contributed by atoms with Crippen molar-refractivity contribution in [3.05, 3.63) is 33.8 Å². The number of benzene rings is 1. The van der Waals surface area contributed by atoms with Crippen molar-refractivity contribution < 1.29 is 9.59 Å². The minimum absolute atomic E-state index is 0.0639. The van der Waals surface area contributed by atoms with Crippen molar-refractivity contribution in [2.24, 2.45) is 0 Å². The van der Waals surface area contributed by atoms with Gasteiger partial charge in [-0.25, -0.2) is 0 Å². The molecule has 0 aromatic heterocycles. The number of hydrogen-bond acceptors (Lipinski definition) is 2. The first-order valence-corrected chi connectivity index (χ1v) is 9.13. The molecule has 4 nitrogen and oxygen atoms in total. The van der Waals surface area contributed by atoms with Crippen molar-refractivity contribution in [2.45, 2.75) is 65.6 Å². The maximum Gasteiger partial charge on any atom is 0.243 e. The highest BCUT2D eigenvalue weighted by molar-refractivity contribution is 6.36. The first-order chi connectivity index (χ1) is 11.3. The number of nitrogens with one attached hydrogen (secondary N) is 1. The second-order valence-corrected chi connectivity index (χ2v) is 6.63. The second-order valence-electron chi connectivity index (χ2n) is 5.82. The van der Waals surface area contributed by atoms with Crippen LogP contribution in [-0.4, -0.2) is 28.8 Å². The molecule has 0 heterocycles. The van der Waals surface area contributed by atoms with E-state index in [0.717, 1.165) is 6.42 Å². The third-order valence-corrected chi connectivity index (χ3v) is 4.79. The van der Waals surface area contributed by atoms with E-state index in [2.05, 4.69) is 5.32 Å². The molecule has 24 heavy (non-hydrogen) atoms. The number of carbonyl (C=O) groups is 2. The van der Waals surface area contributed by atoms with Crippen LogP contribution >= 0.6 is 23.2 Å². The van der Waals surface area contributed by atoms with Gasteiger partial charge in [0.2, 0.25) is 11.8 Å². The summed E-state index contributed by atoms with van der Waals surface area (Å²) in [7, 11) is 0. The lowest BCUT2D eigenvalue weighted by molar-refractivity contribution is -0.141. The molecule has 1 rings (SSSR count). The van der Waals surface area contributed by atoms with Crippen molar-refractivity contribution >= 4 is 35.0 Å². The van der Waals surface area contributed by atoms with E-state index >= 15 is 0 Å². The van der Waals surface area contributed by atoms with E-state index in [0.29, 0.717) is 28.5 Å². The lowest BCUT2D eigenvalue weighted by Crippen LogP contribution is -2.50. The number of amides is 2. The van der Waals surface area contributed by atoms with E-state index in [4.69, 9.17) is 23.2 Å². The SMILES string of the molecule is CCC(=O)N(Cc1c(Cl)cccc1Cl)[C@@H](CC)C(=O)N[C@H](C)CC. The zero-order valence-electron chi connectivity index (χ0n) is 14.7. The summed E-state index contributed by atoms with van der Waals surface area (Å²) in [5, 5.41) is 3.94. The van der Waals surface area contributed by atoms with Gasteiger partial charge in [0.25, 0.3) is 0 Å². The molecule has 2 atom stereocenters. The van der Waals surface area contributed by atoms with Gasteiger partial charge in [-0.15, -0.1) is 0 Å². The largest absolute Gasteiger partial charge is 0.352 e. The van der Waals surface area contributed by atoms with Gasteiger partial charge in [-0.2, -0.15) is 0 Å². The van der Waals surface area contributed by atoms with Crippen LogP contribution in [0.1, 0.15) is 52.5 Å². The molecule has 0 aliphatic carbocycles. The number of hydrogen-bond donors (Lipinski definition) is 1. The van der Waals surface area contributed by atoms with Crippen LogP contribution in [0, 0.1) is 0 Å². The molecule has 134 valence electrons. The fourth-order valence-electron chi connectivity index (χ4n) is 2.42. The van der Waals surface area contributed by atoms with Gasteiger partial charge >= 0.3 is 0 Å². The van der Waals surface area contributed by atoms with Crippen LogP contribution in [-0.2, 0) is 16.1 Å². The fourth-order valence-corrected chi connectivity index (χ4v) is 2.93. The second kappa shape index (κ2) is 9.90. The molecule has 1 aromatic rings. The molecular formula is C18H26Cl2N2O2. The van der Waals surface area contributed by atoms with E-state index in [-0.39, 0.29) is 24.4 Å². The Balaban J connectivity index is 3.10. The molecule has 0 bridgehead atoms. The highest BCUT2D eigenvalue weighted by Crippen LogP contribution is 2.27. The van der Waals surface area contributed by atoms with Crippen LogP contribution in [0.3, 0.4) is 0 Å². The Morgan fingerprint density at radius 1 is 1.12 bits per heavy atom. The standard InChI is InChI=1S/C18H26Cl2N2O2/c1-5-12(4)21-18(24)16(6-2)22(17(23)7-3)11-13-14(19)9-8-10-15(13)20/h8-10,12,16H,5-7,11H2,1-4H3,(H,21,24)/t12-,16+/m1/s1. The zero-order valence-corrected chi connectivity index (χ0v) is 16.2. The van der Waals surface area contributed by atoms with Crippen LogP contribution in [0.15, 0.2) is 18.2 Å². The minimum atomic E-state index is -0.543. The van der Waals surface area contributed by atoms with Crippen molar-refractivity contribution in [2.75, 3.05) is 0 Å². The third-order valence-electron chi connectivity index (χ3n) is 4.08. The first-order valence-electron chi connectivity index (χ1n) is 8.38. The molecule has 0 unspecified atom stereocenters. The molecule has 1 aromatic carbocycles. The summed E-state index contributed by atoms with van der Waals surface area (Å²) in [5.74, 6) is -0.242. The quantitative estimate of drug-likeness (QED) is 0.733. The van der Waals surface area contributed by atoms with Gasteiger partial charge in [0.05, 0.1) is 0 Å². The fraction of sp³-hybridized carbons (Fsp3) is 0.556. The van der Waals surface area contributed by atoms with Gasteiger partial charge in [0.1, 0.15) is 6.04 Å². The van der Waals surface area contributed by atoms with E-state index in [9.17, 15) is 9.59 Å². The number of rotatable bonds is 8. The summed E-state index contributed by atoms with van der Waals surface area (Å²) in [6.45, 7) is 7.84. The zero-order chi connectivity index (χ0) is 18.3. The van der Waals surface area contributed by atoms with Crippen LogP contribution in [0.25, 0.3) is 0 Å². The van der Waals surface area contributed by atoms with Crippen molar-refractivity contribution in [1.29, 1.82) is 0 Å². The lowest BCUT2D eigenvalue weighted by Gasteiger charge is -2.31.